The van der Waals surface area contributed by atoms with Crippen LogP contribution in [0, 0.1) is 0 Å². The molecule has 0 radical (unpaired) electrons. The van der Waals surface area contributed by atoms with Crippen molar-refractivity contribution in [3.8, 4) is 0 Å². The van der Waals surface area contributed by atoms with Gasteiger partial charge < -0.3 is 15.2 Å². The maximum absolute atomic E-state index is 6.02. The Bertz CT molecular complexity index is 142. The van der Waals surface area contributed by atoms with Gasteiger partial charge >= 0.3 is 0 Å². The molecular formula is C14H31NO2. The predicted octanol–water partition coefficient (Wildman–Crippen LogP) is 3.12. The lowest BCUT2D eigenvalue weighted by Crippen LogP contribution is -2.22. The van der Waals surface area contributed by atoms with Crippen LogP contribution >= 0.6 is 0 Å². The highest BCUT2D eigenvalue weighted by Gasteiger charge is 2.02. The number of unbranched alkanes of at least 4 members (excludes halogenated alkanes) is 5. The largest absolute Gasteiger partial charge is 0.382 e. The van der Waals surface area contributed by atoms with Gasteiger partial charge in [-0.05, 0) is 12.8 Å². The Morgan fingerprint density at radius 2 is 1.59 bits per heavy atom. The van der Waals surface area contributed by atoms with Crippen molar-refractivity contribution in [1.29, 1.82) is 0 Å². The van der Waals surface area contributed by atoms with Crippen molar-refractivity contribution in [2.24, 2.45) is 5.73 Å². The highest BCUT2D eigenvalue weighted by Crippen LogP contribution is 2.09. The number of ether oxygens (including phenoxy) is 2. The second kappa shape index (κ2) is 13.9. The Hall–Kier alpha value is -0.120. The van der Waals surface area contributed by atoms with Crippen LogP contribution in [0.1, 0.15) is 58.3 Å². The van der Waals surface area contributed by atoms with Crippen LogP contribution in [0.4, 0.5) is 0 Å². The summed E-state index contributed by atoms with van der Waals surface area (Å²) < 4.78 is 10.3. The van der Waals surface area contributed by atoms with Crippen molar-refractivity contribution in [3.63, 3.8) is 0 Å². The zero-order valence-electron chi connectivity index (χ0n) is 11.7. The zero-order valence-corrected chi connectivity index (χ0v) is 11.7. The van der Waals surface area contributed by atoms with Crippen molar-refractivity contribution in [1.82, 2.24) is 0 Å². The van der Waals surface area contributed by atoms with Crippen LogP contribution in [-0.2, 0) is 9.47 Å². The first-order chi connectivity index (χ1) is 8.31. The first kappa shape index (κ1) is 16.9. The number of methoxy groups -OCH3 is 1. The molecule has 3 nitrogen and oxygen atoms in total. The third kappa shape index (κ3) is 13.8. The Morgan fingerprint density at radius 3 is 2.29 bits per heavy atom. The topological polar surface area (TPSA) is 44.5 Å². The maximum Gasteiger partial charge on any atom is 0.0700 e. The molecule has 1 unspecified atom stereocenters. The maximum atomic E-state index is 6.02. The summed E-state index contributed by atoms with van der Waals surface area (Å²) in [6.07, 6.45) is 10.1. The van der Waals surface area contributed by atoms with E-state index in [-0.39, 0.29) is 0 Å². The van der Waals surface area contributed by atoms with Gasteiger partial charge in [0.25, 0.3) is 0 Å². The number of hydrogen-bond donors (Lipinski definition) is 1. The molecule has 0 aromatic rings. The molecule has 0 saturated heterocycles. The summed E-state index contributed by atoms with van der Waals surface area (Å²) in [7, 11) is 1.69. The van der Waals surface area contributed by atoms with E-state index in [2.05, 4.69) is 6.92 Å². The van der Waals surface area contributed by atoms with Crippen molar-refractivity contribution in [3.05, 3.63) is 0 Å². The van der Waals surface area contributed by atoms with Crippen LogP contribution in [-0.4, -0.2) is 33.0 Å². The van der Waals surface area contributed by atoms with Gasteiger partial charge in [-0.25, -0.2) is 0 Å². The predicted molar refractivity (Wildman–Crippen MR) is 73.3 cm³/mol. The number of hydrogen-bond acceptors (Lipinski definition) is 3. The van der Waals surface area contributed by atoms with E-state index in [9.17, 15) is 0 Å². The normalized spacial score (nSPS) is 12.9. The molecule has 0 aliphatic carbocycles. The van der Waals surface area contributed by atoms with E-state index in [1.165, 1.54) is 38.5 Å². The van der Waals surface area contributed by atoms with Crippen molar-refractivity contribution >= 4 is 0 Å². The Morgan fingerprint density at radius 1 is 0.882 bits per heavy atom. The van der Waals surface area contributed by atoms with Gasteiger partial charge in [-0.3, -0.25) is 0 Å². The van der Waals surface area contributed by atoms with Gasteiger partial charge in [0, 0.05) is 19.8 Å². The number of nitrogens with two attached hydrogens (primary N) is 1. The second-order valence-electron chi connectivity index (χ2n) is 4.71. The van der Waals surface area contributed by atoms with Crippen molar-refractivity contribution in [2.75, 3.05) is 26.9 Å². The fourth-order valence-electron chi connectivity index (χ4n) is 1.81. The third-order valence-corrected chi connectivity index (χ3v) is 2.99. The highest BCUT2D eigenvalue weighted by atomic mass is 16.5. The van der Waals surface area contributed by atoms with Crippen LogP contribution in [0.5, 0.6) is 0 Å². The van der Waals surface area contributed by atoms with Crippen LogP contribution in [0.15, 0.2) is 0 Å². The van der Waals surface area contributed by atoms with Gasteiger partial charge in [0.05, 0.1) is 13.2 Å². The average Bonchev–Trinajstić information content (AvgIpc) is 2.33. The fraction of sp³-hybridized carbons (Fsp3) is 1.00. The SMILES string of the molecule is CCCCCCCCC(N)CCOCCOC. The standard InChI is InChI=1S/C14H31NO2/c1-3-4-5-6-7-8-9-14(15)10-11-17-13-12-16-2/h14H,3-13,15H2,1-2H3. The monoisotopic (exact) mass is 245 g/mol. The van der Waals surface area contributed by atoms with Gasteiger partial charge in [0.15, 0.2) is 0 Å². The lowest BCUT2D eigenvalue weighted by molar-refractivity contribution is 0.0668. The number of rotatable bonds is 13. The lowest BCUT2D eigenvalue weighted by Gasteiger charge is -2.11. The summed E-state index contributed by atoms with van der Waals surface area (Å²) in [6, 6.07) is 0.309. The molecule has 0 spiro atoms. The van der Waals surface area contributed by atoms with Gasteiger partial charge in [-0.2, -0.15) is 0 Å². The van der Waals surface area contributed by atoms with Gasteiger partial charge in [-0.15, -0.1) is 0 Å². The molecule has 0 saturated carbocycles. The van der Waals surface area contributed by atoms with E-state index in [1.807, 2.05) is 0 Å². The molecule has 0 aliphatic heterocycles. The van der Waals surface area contributed by atoms with Crippen LogP contribution in [0.2, 0.25) is 0 Å². The van der Waals surface area contributed by atoms with Crippen LogP contribution in [0.25, 0.3) is 0 Å². The van der Waals surface area contributed by atoms with Crippen molar-refractivity contribution in [2.45, 2.75) is 64.3 Å². The first-order valence-corrected chi connectivity index (χ1v) is 7.13. The Balaban J connectivity index is 3.09. The summed E-state index contributed by atoms with van der Waals surface area (Å²) >= 11 is 0. The highest BCUT2D eigenvalue weighted by molar-refractivity contribution is 4.61. The smallest absolute Gasteiger partial charge is 0.0700 e. The minimum absolute atomic E-state index is 0.309. The molecule has 0 aromatic carbocycles. The summed E-state index contributed by atoms with van der Waals surface area (Å²) in [6.45, 7) is 4.37. The van der Waals surface area contributed by atoms with Gasteiger partial charge in [-0.1, -0.05) is 45.4 Å². The van der Waals surface area contributed by atoms with Crippen LogP contribution in [0.3, 0.4) is 0 Å². The molecule has 17 heavy (non-hydrogen) atoms. The zero-order chi connectivity index (χ0) is 12.8. The minimum atomic E-state index is 0.309. The molecule has 0 amide bonds. The van der Waals surface area contributed by atoms with Crippen LogP contribution < -0.4 is 5.73 Å². The molecule has 1 atom stereocenters. The molecule has 104 valence electrons. The average molecular weight is 245 g/mol. The molecule has 0 aliphatic rings. The van der Waals surface area contributed by atoms with E-state index < -0.39 is 0 Å². The lowest BCUT2D eigenvalue weighted by atomic mass is 10.0. The van der Waals surface area contributed by atoms with E-state index >= 15 is 0 Å². The molecule has 2 N–H and O–H groups in total. The summed E-state index contributed by atoms with van der Waals surface area (Å²) in [4.78, 5) is 0. The van der Waals surface area contributed by atoms with Gasteiger partial charge in [0.1, 0.15) is 0 Å². The molecule has 0 fully saturated rings. The summed E-state index contributed by atoms with van der Waals surface area (Å²) in [5.41, 5.74) is 6.02. The first-order valence-electron chi connectivity index (χ1n) is 7.13. The molecule has 3 heteroatoms. The molecule has 0 bridgehead atoms. The van der Waals surface area contributed by atoms with Gasteiger partial charge in [0.2, 0.25) is 0 Å². The minimum Gasteiger partial charge on any atom is -0.382 e. The van der Waals surface area contributed by atoms with Crippen molar-refractivity contribution < 1.29 is 9.47 Å². The molecule has 0 rings (SSSR count). The Kier molecular flexibility index (Phi) is 13.8. The van der Waals surface area contributed by atoms with E-state index in [0.717, 1.165) is 19.4 Å². The summed E-state index contributed by atoms with van der Waals surface area (Å²) in [5.74, 6) is 0. The van der Waals surface area contributed by atoms with E-state index in [1.54, 1.807) is 7.11 Å². The molecular weight excluding hydrogens is 214 g/mol. The summed E-state index contributed by atoms with van der Waals surface area (Å²) in [5, 5.41) is 0. The fourth-order valence-corrected chi connectivity index (χ4v) is 1.81. The molecule has 0 aromatic heterocycles. The van der Waals surface area contributed by atoms with E-state index in [0.29, 0.717) is 19.3 Å². The molecule has 0 heterocycles. The Labute approximate surface area is 107 Å². The second-order valence-corrected chi connectivity index (χ2v) is 4.71. The van der Waals surface area contributed by atoms with E-state index in [4.69, 9.17) is 15.2 Å². The quantitative estimate of drug-likeness (QED) is 0.507. The third-order valence-electron chi connectivity index (χ3n) is 2.99.